The molecular formula is C23H36N2. The second-order valence-corrected chi connectivity index (χ2v) is 9.75. The van der Waals surface area contributed by atoms with Gasteiger partial charge in [0.2, 0.25) is 0 Å². The third-order valence-electron chi connectivity index (χ3n) is 6.03. The molecule has 2 fully saturated rings. The lowest BCUT2D eigenvalue weighted by Crippen LogP contribution is -2.46. The van der Waals surface area contributed by atoms with Gasteiger partial charge in [0.25, 0.3) is 0 Å². The number of hydrogen-bond acceptors (Lipinski definition) is 2. The van der Waals surface area contributed by atoms with Crippen LogP contribution >= 0.6 is 0 Å². The van der Waals surface area contributed by atoms with Gasteiger partial charge in [0.1, 0.15) is 0 Å². The summed E-state index contributed by atoms with van der Waals surface area (Å²) in [7, 11) is 0. The smallest absolute Gasteiger partial charge is 0.0402 e. The van der Waals surface area contributed by atoms with E-state index in [1.54, 1.807) is 5.56 Å². The van der Waals surface area contributed by atoms with Gasteiger partial charge < -0.3 is 4.90 Å². The zero-order chi connectivity index (χ0) is 18.1. The fraction of sp³-hybridized carbons (Fsp3) is 0.652. The zero-order valence-electron chi connectivity index (χ0n) is 16.7. The average Bonchev–Trinajstić information content (AvgIpc) is 2.53. The molecule has 138 valence electrons. The maximum Gasteiger partial charge on any atom is 0.0402 e. The molecule has 0 spiro atoms. The molecule has 2 heteroatoms. The summed E-state index contributed by atoms with van der Waals surface area (Å²) in [6.45, 7) is 19.3. The number of benzene rings is 1. The van der Waals surface area contributed by atoms with Crippen molar-refractivity contribution < 1.29 is 0 Å². The van der Waals surface area contributed by atoms with Gasteiger partial charge in [0.05, 0.1) is 0 Å². The number of hydrogen-bond donors (Lipinski definition) is 0. The van der Waals surface area contributed by atoms with Crippen LogP contribution in [-0.2, 0) is 0 Å². The van der Waals surface area contributed by atoms with E-state index in [0.717, 1.165) is 32.7 Å². The van der Waals surface area contributed by atoms with Crippen molar-refractivity contribution in [1.29, 1.82) is 0 Å². The first kappa shape index (κ1) is 18.5. The Hall–Kier alpha value is -1.28. The predicted molar refractivity (Wildman–Crippen MR) is 109 cm³/mol. The second-order valence-electron chi connectivity index (χ2n) is 9.75. The van der Waals surface area contributed by atoms with E-state index in [1.165, 1.54) is 24.9 Å². The van der Waals surface area contributed by atoms with Crippen molar-refractivity contribution in [2.24, 2.45) is 10.8 Å². The maximum atomic E-state index is 3.88. The van der Waals surface area contributed by atoms with Crippen LogP contribution in [0.5, 0.6) is 0 Å². The molecular weight excluding hydrogens is 304 g/mol. The topological polar surface area (TPSA) is 6.48 Å². The van der Waals surface area contributed by atoms with Crippen molar-refractivity contribution in [2.75, 3.05) is 37.6 Å². The Balaban J connectivity index is 1.81. The van der Waals surface area contributed by atoms with Gasteiger partial charge in [-0.1, -0.05) is 52.0 Å². The Labute approximate surface area is 154 Å². The van der Waals surface area contributed by atoms with Crippen molar-refractivity contribution in [3.63, 3.8) is 0 Å². The van der Waals surface area contributed by atoms with E-state index in [1.807, 2.05) is 6.08 Å². The average molecular weight is 341 g/mol. The third kappa shape index (κ3) is 4.47. The van der Waals surface area contributed by atoms with Crippen molar-refractivity contribution >= 4 is 5.69 Å². The largest absolute Gasteiger partial charge is 0.369 e. The van der Waals surface area contributed by atoms with Crippen LogP contribution in [0.2, 0.25) is 0 Å². The molecule has 2 aliphatic rings. The lowest BCUT2D eigenvalue weighted by molar-refractivity contribution is 0.0970. The summed E-state index contributed by atoms with van der Waals surface area (Å²) >= 11 is 0. The molecule has 1 aromatic carbocycles. The Kier molecular flexibility index (Phi) is 5.29. The minimum Gasteiger partial charge on any atom is -0.369 e. The molecule has 1 saturated heterocycles. The van der Waals surface area contributed by atoms with E-state index in [-0.39, 0.29) is 0 Å². The molecule has 0 atom stereocenters. The first-order valence-corrected chi connectivity index (χ1v) is 9.97. The fourth-order valence-electron chi connectivity index (χ4n) is 5.54. The zero-order valence-corrected chi connectivity index (χ0v) is 16.7. The van der Waals surface area contributed by atoms with Gasteiger partial charge in [0.15, 0.2) is 0 Å². The van der Waals surface area contributed by atoms with Crippen LogP contribution in [0.3, 0.4) is 0 Å². The molecule has 0 unspecified atom stereocenters. The van der Waals surface area contributed by atoms with Gasteiger partial charge in [-0.25, -0.2) is 0 Å². The van der Waals surface area contributed by atoms with E-state index < -0.39 is 0 Å². The van der Waals surface area contributed by atoms with Crippen LogP contribution in [0.15, 0.2) is 36.9 Å². The van der Waals surface area contributed by atoms with Gasteiger partial charge in [-0.15, -0.1) is 6.58 Å². The van der Waals surface area contributed by atoms with Gasteiger partial charge in [-0.05, 0) is 47.6 Å². The highest BCUT2D eigenvalue weighted by molar-refractivity contribution is 5.56. The highest BCUT2D eigenvalue weighted by atomic mass is 15.3. The van der Waals surface area contributed by atoms with Crippen LogP contribution in [-0.4, -0.2) is 37.6 Å². The number of rotatable bonds is 4. The Morgan fingerprint density at radius 2 is 1.60 bits per heavy atom. The minimum absolute atomic E-state index is 0.433. The SMILES string of the molecule is C=CCN1CCN(c2ccccc2C2CC(C)(C)CC(C)(C)C2)CC1. The Morgan fingerprint density at radius 3 is 2.20 bits per heavy atom. The Bertz CT molecular complexity index is 578. The van der Waals surface area contributed by atoms with Crippen LogP contribution in [0, 0.1) is 10.8 Å². The standard InChI is InChI=1S/C23H36N2/c1-6-11-24-12-14-25(15-13-24)21-10-8-7-9-20(21)19-16-22(2,3)18-23(4,5)17-19/h6-10,19H,1,11-18H2,2-5H3. The number of anilines is 1. The van der Waals surface area contributed by atoms with Crippen LogP contribution in [0.1, 0.15) is 58.4 Å². The molecule has 1 aliphatic carbocycles. The summed E-state index contributed by atoms with van der Waals surface area (Å²) in [5.74, 6) is 0.682. The van der Waals surface area contributed by atoms with Gasteiger partial charge >= 0.3 is 0 Å². The van der Waals surface area contributed by atoms with Crippen molar-refractivity contribution in [1.82, 2.24) is 4.90 Å². The molecule has 0 amide bonds. The molecule has 0 bridgehead atoms. The molecule has 1 saturated carbocycles. The quantitative estimate of drug-likeness (QED) is 0.685. The molecule has 25 heavy (non-hydrogen) atoms. The summed E-state index contributed by atoms with van der Waals surface area (Å²) in [6, 6.07) is 9.20. The highest BCUT2D eigenvalue weighted by Crippen LogP contribution is 2.53. The predicted octanol–water partition coefficient (Wildman–Crippen LogP) is 5.31. The number of para-hydroxylation sites is 1. The summed E-state index contributed by atoms with van der Waals surface area (Å²) in [6.07, 6.45) is 5.97. The molecule has 0 N–H and O–H groups in total. The summed E-state index contributed by atoms with van der Waals surface area (Å²) in [5.41, 5.74) is 3.93. The molecule has 3 rings (SSSR count). The molecule has 1 aliphatic heterocycles. The monoisotopic (exact) mass is 340 g/mol. The van der Waals surface area contributed by atoms with Crippen molar-refractivity contribution in [3.05, 3.63) is 42.5 Å². The number of piperazine rings is 1. The summed E-state index contributed by atoms with van der Waals surface area (Å²) < 4.78 is 0. The van der Waals surface area contributed by atoms with Crippen LogP contribution < -0.4 is 4.90 Å². The summed E-state index contributed by atoms with van der Waals surface area (Å²) in [4.78, 5) is 5.11. The van der Waals surface area contributed by atoms with Crippen molar-refractivity contribution in [2.45, 2.75) is 52.9 Å². The fourth-order valence-corrected chi connectivity index (χ4v) is 5.54. The lowest BCUT2D eigenvalue weighted by atomic mass is 9.60. The van der Waals surface area contributed by atoms with Gasteiger partial charge in [-0.2, -0.15) is 0 Å². The van der Waals surface area contributed by atoms with Gasteiger partial charge in [0, 0.05) is 38.4 Å². The molecule has 1 heterocycles. The Morgan fingerprint density at radius 1 is 1.00 bits per heavy atom. The van der Waals surface area contributed by atoms with Crippen LogP contribution in [0.25, 0.3) is 0 Å². The second kappa shape index (κ2) is 7.15. The van der Waals surface area contributed by atoms with E-state index >= 15 is 0 Å². The third-order valence-corrected chi connectivity index (χ3v) is 6.03. The van der Waals surface area contributed by atoms with Crippen LogP contribution in [0.4, 0.5) is 5.69 Å². The van der Waals surface area contributed by atoms with E-state index in [2.05, 4.69) is 68.3 Å². The number of nitrogens with zero attached hydrogens (tertiary/aromatic N) is 2. The van der Waals surface area contributed by atoms with Crippen molar-refractivity contribution in [3.8, 4) is 0 Å². The van der Waals surface area contributed by atoms with Gasteiger partial charge in [-0.3, -0.25) is 4.90 Å². The van der Waals surface area contributed by atoms with E-state index in [4.69, 9.17) is 0 Å². The first-order valence-electron chi connectivity index (χ1n) is 9.97. The molecule has 1 aromatic rings. The molecule has 0 aromatic heterocycles. The minimum atomic E-state index is 0.433. The summed E-state index contributed by atoms with van der Waals surface area (Å²) in [5, 5.41) is 0. The highest BCUT2D eigenvalue weighted by Gasteiger charge is 2.39. The van der Waals surface area contributed by atoms with E-state index in [0.29, 0.717) is 16.7 Å². The first-order chi connectivity index (χ1) is 11.8. The van der Waals surface area contributed by atoms with E-state index in [9.17, 15) is 0 Å². The normalized spacial score (nSPS) is 24.2. The molecule has 2 nitrogen and oxygen atoms in total. The molecule has 0 radical (unpaired) electrons. The lowest BCUT2D eigenvalue weighted by Gasteiger charge is -2.46. The maximum absolute atomic E-state index is 3.88.